The van der Waals surface area contributed by atoms with Crippen LogP contribution in [0.3, 0.4) is 0 Å². The van der Waals surface area contributed by atoms with E-state index in [-0.39, 0.29) is 20.5 Å². The van der Waals surface area contributed by atoms with Crippen molar-refractivity contribution in [3.05, 3.63) is 29.6 Å². The fourth-order valence-corrected chi connectivity index (χ4v) is 1.24. The van der Waals surface area contributed by atoms with Gasteiger partial charge in [0.15, 0.2) is 0 Å². The van der Waals surface area contributed by atoms with E-state index in [2.05, 4.69) is 6.82 Å². The molecule has 1 aromatic carbocycles. The first kappa shape index (κ1) is 10.2. The third-order valence-electron chi connectivity index (χ3n) is 2.01. The summed E-state index contributed by atoms with van der Waals surface area (Å²) in [6, 6.07) is 5.01. The second-order valence-corrected chi connectivity index (χ2v) is 2.73. The summed E-state index contributed by atoms with van der Waals surface area (Å²) >= 11 is 0. The van der Waals surface area contributed by atoms with E-state index in [9.17, 15) is 4.39 Å². The summed E-state index contributed by atoms with van der Waals surface area (Å²) in [7, 11) is -0.0885. The van der Waals surface area contributed by atoms with Crippen molar-refractivity contribution < 1.29 is 4.39 Å². The van der Waals surface area contributed by atoms with E-state index in [0.29, 0.717) is 0 Å². The molecule has 62 valence electrons. The van der Waals surface area contributed by atoms with Crippen LogP contribution in [0.4, 0.5) is 4.39 Å². The van der Waals surface area contributed by atoms with E-state index in [1.165, 1.54) is 17.1 Å². The zero-order valence-electron chi connectivity index (χ0n) is 6.61. The van der Waals surface area contributed by atoms with Crippen molar-refractivity contribution in [3.63, 3.8) is 0 Å². The van der Waals surface area contributed by atoms with E-state index < -0.39 is 0 Å². The maximum Gasteiger partial charge on any atom is 0.120 e. The molecule has 0 N–H and O–H groups in total. The predicted molar refractivity (Wildman–Crippen MR) is 51.9 cm³/mol. The molecule has 0 aromatic heterocycles. The van der Waals surface area contributed by atoms with E-state index in [0.717, 1.165) is 0 Å². The van der Waals surface area contributed by atoms with Crippen LogP contribution in [0.15, 0.2) is 18.2 Å². The number of hydrogen-bond acceptors (Lipinski definition) is 0. The molecule has 0 fully saturated rings. The van der Waals surface area contributed by atoms with Crippen LogP contribution in [0.2, 0.25) is 6.82 Å². The molecule has 0 heterocycles. The molecule has 11 heavy (non-hydrogen) atoms. The largest absolute Gasteiger partial charge is 0.212 e. The van der Waals surface area contributed by atoms with Gasteiger partial charge in [0.05, 0.1) is 0 Å². The van der Waals surface area contributed by atoms with Crippen LogP contribution in [0, 0.1) is 12.7 Å². The monoisotopic (exact) mass is 153 g/mol. The third-order valence-corrected chi connectivity index (χ3v) is 2.01. The van der Waals surface area contributed by atoms with Crippen LogP contribution in [-0.4, -0.2) is 7.28 Å². The van der Waals surface area contributed by atoms with Gasteiger partial charge in [0, 0.05) is 0 Å². The fourth-order valence-electron chi connectivity index (χ4n) is 1.24. The molecule has 0 aliphatic heterocycles. The standard InChI is InChI=1S/C8H11BF.CH4/c1-6-3-4-7(10)5-8(6)9-2;/h3-5H,9H2,1-2H3;1H4/q-1;. The lowest BCUT2D eigenvalue weighted by Gasteiger charge is -2.06. The second-order valence-electron chi connectivity index (χ2n) is 2.73. The van der Waals surface area contributed by atoms with Gasteiger partial charge < -0.3 is 0 Å². The minimum Gasteiger partial charge on any atom is -0.212 e. The van der Waals surface area contributed by atoms with Gasteiger partial charge in [0.1, 0.15) is 5.82 Å². The van der Waals surface area contributed by atoms with E-state index in [4.69, 9.17) is 0 Å². The van der Waals surface area contributed by atoms with Gasteiger partial charge in [-0.3, -0.25) is 0 Å². The summed E-state index contributed by atoms with van der Waals surface area (Å²) < 4.78 is 12.6. The molecule has 0 bridgehead atoms. The van der Waals surface area contributed by atoms with Gasteiger partial charge >= 0.3 is 0 Å². The molecule has 0 saturated carbocycles. The van der Waals surface area contributed by atoms with Gasteiger partial charge in [-0.1, -0.05) is 25.1 Å². The topological polar surface area (TPSA) is 0 Å². The Morgan fingerprint density at radius 3 is 2.45 bits per heavy atom. The van der Waals surface area contributed by atoms with Gasteiger partial charge in [-0.05, 0) is 20.3 Å². The first-order chi connectivity index (χ1) is 4.74. The minimum absolute atomic E-state index is 0. The molecule has 0 amide bonds. The lowest BCUT2D eigenvalue weighted by Crippen LogP contribution is -2.14. The van der Waals surface area contributed by atoms with Gasteiger partial charge in [0.2, 0.25) is 0 Å². The normalized spacial score (nSPS) is 9.00. The maximum atomic E-state index is 12.6. The Balaban J connectivity index is 0.000001000. The molecule has 0 aliphatic carbocycles. The van der Waals surface area contributed by atoms with Crippen LogP contribution in [0.5, 0.6) is 0 Å². The lowest BCUT2D eigenvalue weighted by atomic mass is 9.71. The molecule has 0 unspecified atom stereocenters. The average Bonchev–Trinajstić information content (AvgIpc) is 1.94. The molecule has 0 nitrogen and oxygen atoms in total. The molecule has 0 radical (unpaired) electrons. The highest BCUT2D eigenvalue weighted by molar-refractivity contribution is 6.52. The fraction of sp³-hybridized carbons (Fsp3) is 0.333. The Hall–Kier alpha value is -0.785. The summed E-state index contributed by atoms with van der Waals surface area (Å²) in [5, 5.41) is 0. The van der Waals surface area contributed by atoms with Crippen LogP contribution in [0.1, 0.15) is 13.0 Å². The number of rotatable bonds is 1. The highest BCUT2D eigenvalue weighted by atomic mass is 19.1. The first-order valence-electron chi connectivity index (χ1n) is 3.93. The summed E-state index contributed by atoms with van der Waals surface area (Å²) in [5.41, 5.74) is 2.45. The molecule has 0 aliphatic rings. The lowest BCUT2D eigenvalue weighted by molar-refractivity contribution is 0.628. The van der Waals surface area contributed by atoms with Gasteiger partial charge in [-0.25, -0.2) is 9.85 Å². The molecule has 0 spiro atoms. The Morgan fingerprint density at radius 2 is 2.00 bits per heavy atom. The number of halogens is 1. The smallest absolute Gasteiger partial charge is 0.120 e. The Kier molecular flexibility index (Phi) is 3.87. The van der Waals surface area contributed by atoms with Crippen LogP contribution in [-0.2, 0) is 0 Å². The van der Waals surface area contributed by atoms with Crippen molar-refractivity contribution in [1.29, 1.82) is 0 Å². The van der Waals surface area contributed by atoms with Crippen molar-refractivity contribution in [1.82, 2.24) is 0 Å². The highest BCUT2D eigenvalue weighted by Gasteiger charge is 1.90. The van der Waals surface area contributed by atoms with E-state index in [1.54, 1.807) is 6.07 Å². The molecule has 1 aromatic rings. The Morgan fingerprint density at radius 1 is 1.36 bits per heavy atom. The quantitative estimate of drug-likeness (QED) is 0.537. The van der Waals surface area contributed by atoms with Crippen molar-refractivity contribution in [2.45, 2.75) is 21.2 Å². The van der Waals surface area contributed by atoms with Gasteiger partial charge in [0.25, 0.3) is 0 Å². The molecule has 1 rings (SSSR count). The summed E-state index contributed by atoms with van der Waals surface area (Å²) in [6.07, 6.45) is 0. The molecule has 0 saturated heterocycles. The SMILES string of the molecule is C.C[BH2-]c1cc(F)ccc1C. The molecule has 0 atom stereocenters. The Labute approximate surface area is 68.7 Å². The van der Waals surface area contributed by atoms with Crippen molar-refractivity contribution in [2.75, 3.05) is 0 Å². The second kappa shape index (κ2) is 4.17. The van der Waals surface area contributed by atoms with E-state index in [1.807, 2.05) is 13.0 Å². The predicted octanol–water partition coefficient (Wildman–Crippen LogP) is 1.61. The number of hydrogen-bond donors (Lipinski definition) is 0. The van der Waals surface area contributed by atoms with Gasteiger partial charge in [-0.15, -0.1) is 0 Å². The van der Waals surface area contributed by atoms with Gasteiger partial charge in [-0.2, -0.15) is 6.82 Å². The molecule has 2 heteroatoms. The van der Waals surface area contributed by atoms with E-state index >= 15 is 0 Å². The van der Waals surface area contributed by atoms with Crippen molar-refractivity contribution >= 4 is 12.7 Å². The maximum absolute atomic E-state index is 12.6. The third kappa shape index (κ3) is 2.37. The summed E-state index contributed by atoms with van der Waals surface area (Å²) in [6.45, 7) is 4.18. The van der Waals surface area contributed by atoms with Crippen molar-refractivity contribution in [3.8, 4) is 0 Å². The zero-order chi connectivity index (χ0) is 7.56. The number of aryl methyl sites for hydroxylation is 1. The number of benzene rings is 1. The molecular weight excluding hydrogens is 138 g/mol. The average molecular weight is 153 g/mol. The first-order valence-corrected chi connectivity index (χ1v) is 3.93. The minimum atomic E-state index is -0.105. The molecular formula is C9H15BF-. The van der Waals surface area contributed by atoms with Crippen LogP contribution < -0.4 is 5.46 Å². The zero-order valence-corrected chi connectivity index (χ0v) is 6.61. The summed E-state index contributed by atoms with van der Waals surface area (Å²) in [4.78, 5) is 0. The van der Waals surface area contributed by atoms with Crippen LogP contribution >= 0.6 is 0 Å². The highest BCUT2D eigenvalue weighted by Crippen LogP contribution is 1.97. The Bertz CT molecular complexity index is 233. The summed E-state index contributed by atoms with van der Waals surface area (Å²) in [5.74, 6) is -0.105. The van der Waals surface area contributed by atoms with Crippen molar-refractivity contribution in [2.24, 2.45) is 0 Å². The van der Waals surface area contributed by atoms with Crippen LogP contribution in [0.25, 0.3) is 0 Å².